The summed E-state index contributed by atoms with van der Waals surface area (Å²) in [5.41, 5.74) is 0. The average molecular weight is 315 g/mol. The third kappa shape index (κ3) is 4.90. The van der Waals surface area contributed by atoms with Crippen LogP contribution in [-0.2, 0) is 0 Å². The molecule has 0 N–H and O–H groups in total. The van der Waals surface area contributed by atoms with Gasteiger partial charge in [0.05, 0.1) is 0 Å². The molecular weight excluding hydrogens is 292 g/mol. The van der Waals surface area contributed by atoms with Crippen molar-refractivity contribution in [2.75, 3.05) is 37.6 Å². The van der Waals surface area contributed by atoms with E-state index in [-0.39, 0.29) is 0 Å². The number of nitrogens with zero attached hydrogens (tertiary/aromatic N) is 4. The summed E-state index contributed by atoms with van der Waals surface area (Å²) in [5, 5.41) is 0. The van der Waals surface area contributed by atoms with Crippen molar-refractivity contribution in [3.8, 4) is 0 Å². The van der Waals surface area contributed by atoms with E-state index in [1.54, 1.807) is 6.33 Å². The summed E-state index contributed by atoms with van der Waals surface area (Å²) in [5.74, 6) is 0.999. The van der Waals surface area contributed by atoms with Gasteiger partial charge in [0.1, 0.15) is 16.7 Å². The van der Waals surface area contributed by atoms with Crippen LogP contribution in [0.1, 0.15) is 27.2 Å². The van der Waals surface area contributed by atoms with E-state index in [9.17, 15) is 0 Å². The van der Waals surface area contributed by atoms with Crippen LogP contribution in [0.5, 0.6) is 0 Å². The summed E-state index contributed by atoms with van der Waals surface area (Å²) >= 11 is 3.39. The molecule has 0 aromatic carbocycles. The van der Waals surface area contributed by atoms with Crippen molar-refractivity contribution in [2.45, 2.75) is 27.2 Å². The first-order chi connectivity index (χ1) is 8.71. The van der Waals surface area contributed by atoms with Gasteiger partial charge in [0, 0.05) is 19.2 Å². The van der Waals surface area contributed by atoms with Gasteiger partial charge in [0.25, 0.3) is 0 Å². The van der Waals surface area contributed by atoms with Crippen molar-refractivity contribution in [1.29, 1.82) is 0 Å². The van der Waals surface area contributed by atoms with Crippen molar-refractivity contribution in [3.05, 3.63) is 17.0 Å². The fourth-order valence-electron chi connectivity index (χ4n) is 1.96. The van der Waals surface area contributed by atoms with Crippen LogP contribution in [0.15, 0.2) is 17.0 Å². The molecule has 0 saturated carbocycles. The number of aromatic nitrogens is 2. The zero-order valence-corrected chi connectivity index (χ0v) is 13.2. The highest BCUT2D eigenvalue weighted by Crippen LogP contribution is 2.14. The summed E-state index contributed by atoms with van der Waals surface area (Å²) < 4.78 is 0.842. The SMILES string of the molecule is CCN(CC)CCCN(CC)c1cc(Br)ncn1. The van der Waals surface area contributed by atoms with Crippen molar-refractivity contribution in [3.63, 3.8) is 0 Å². The molecule has 102 valence electrons. The predicted octanol–water partition coefficient (Wildman–Crippen LogP) is 2.80. The fourth-order valence-corrected chi connectivity index (χ4v) is 2.25. The highest BCUT2D eigenvalue weighted by Gasteiger charge is 2.07. The van der Waals surface area contributed by atoms with E-state index in [1.807, 2.05) is 6.07 Å². The van der Waals surface area contributed by atoms with E-state index in [0.29, 0.717) is 0 Å². The highest BCUT2D eigenvalue weighted by molar-refractivity contribution is 9.10. The van der Waals surface area contributed by atoms with Gasteiger partial charge in [0.2, 0.25) is 0 Å². The monoisotopic (exact) mass is 314 g/mol. The Kier molecular flexibility index (Phi) is 7.20. The molecule has 4 nitrogen and oxygen atoms in total. The molecule has 0 aliphatic carbocycles. The summed E-state index contributed by atoms with van der Waals surface area (Å²) in [7, 11) is 0. The molecule has 0 bridgehead atoms. The molecule has 0 aliphatic heterocycles. The van der Waals surface area contributed by atoms with Gasteiger partial charge in [0.15, 0.2) is 0 Å². The van der Waals surface area contributed by atoms with Crippen LogP contribution in [0.3, 0.4) is 0 Å². The summed E-state index contributed by atoms with van der Waals surface area (Å²) in [6, 6.07) is 1.97. The minimum atomic E-state index is 0.842. The lowest BCUT2D eigenvalue weighted by molar-refractivity contribution is 0.300. The lowest BCUT2D eigenvalue weighted by Gasteiger charge is -2.24. The average Bonchev–Trinajstić information content (AvgIpc) is 2.39. The molecular formula is C13H23BrN4. The molecule has 0 spiro atoms. The van der Waals surface area contributed by atoms with Gasteiger partial charge in [-0.15, -0.1) is 0 Å². The van der Waals surface area contributed by atoms with Gasteiger partial charge in [-0.3, -0.25) is 0 Å². The van der Waals surface area contributed by atoms with Crippen LogP contribution in [0.2, 0.25) is 0 Å². The van der Waals surface area contributed by atoms with E-state index in [1.165, 1.54) is 0 Å². The van der Waals surface area contributed by atoms with Crippen molar-refractivity contribution in [1.82, 2.24) is 14.9 Å². The standard InChI is InChI=1S/C13H23BrN4/c1-4-17(5-2)8-7-9-18(6-3)13-10-12(14)15-11-16-13/h10-11H,4-9H2,1-3H3. The quantitative estimate of drug-likeness (QED) is 0.691. The minimum absolute atomic E-state index is 0.842. The van der Waals surface area contributed by atoms with Crippen LogP contribution in [-0.4, -0.2) is 47.6 Å². The van der Waals surface area contributed by atoms with Crippen molar-refractivity contribution < 1.29 is 0 Å². The number of hydrogen-bond donors (Lipinski definition) is 0. The van der Waals surface area contributed by atoms with Crippen LogP contribution < -0.4 is 4.90 Å². The van der Waals surface area contributed by atoms with Crippen molar-refractivity contribution >= 4 is 21.7 Å². The third-order valence-corrected chi connectivity index (χ3v) is 3.56. The maximum atomic E-state index is 4.32. The summed E-state index contributed by atoms with van der Waals surface area (Å²) in [6.07, 6.45) is 2.77. The van der Waals surface area contributed by atoms with E-state index in [4.69, 9.17) is 0 Å². The smallest absolute Gasteiger partial charge is 0.133 e. The Balaban J connectivity index is 2.47. The number of hydrogen-bond acceptors (Lipinski definition) is 4. The first-order valence-electron chi connectivity index (χ1n) is 6.66. The molecule has 0 unspecified atom stereocenters. The Morgan fingerprint density at radius 3 is 2.33 bits per heavy atom. The molecule has 1 aromatic rings. The number of halogens is 1. The van der Waals surface area contributed by atoms with E-state index in [0.717, 1.165) is 49.6 Å². The van der Waals surface area contributed by atoms with Gasteiger partial charge in [-0.25, -0.2) is 9.97 Å². The van der Waals surface area contributed by atoms with Crippen molar-refractivity contribution in [2.24, 2.45) is 0 Å². The molecule has 0 saturated heterocycles. The molecule has 1 aromatic heterocycles. The van der Waals surface area contributed by atoms with Crippen LogP contribution in [0, 0.1) is 0 Å². The summed E-state index contributed by atoms with van der Waals surface area (Å²) in [4.78, 5) is 13.1. The lowest BCUT2D eigenvalue weighted by atomic mass is 10.3. The maximum Gasteiger partial charge on any atom is 0.133 e. The Labute approximate surface area is 119 Å². The largest absolute Gasteiger partial charge is 0.357 e. The predicted molar refractivity (Wildman–Crippen MR) is 80.0 cm³/mol. The van der Waals surface area contributed by atoms with Gasteiger partial charge in [-0.05, 0) is 48.9 Å². The van der Waals surface area contributed by atoms with Gasteiger partial charge >= 0.3 is 0 Å². The van der Waals surface area contributed by atoms with E-state index in [2.05, 4.69) is 56.5 Å². The Morgan fingerprint density at radius 2 is 1.78 bits per heavy atom. The Hall–Kier alpha value is -0.680. The van der Waals surface area contributed by atoms with Gasteiger partial charge in [-0.2, -0.15) is 0 Å². The van der Waals surface area contributed by atoms with Crippen LogP contribution in [0.4, 0.5) is 5.82 Å². The maximum absolute atomic E-state index is 4.32. The lowest BCUT2D eigenvalue weighted by Crippen LogP contribution is -2.30. The van der Waals surface area contributed by atoms with Gasteiger partial charge in [-0.1, -0.05) is 13.8 Å². The molecule has 0 fully saturated rings. The molecule has 18 heavy (non-hydrogen) atoms. The number of anilines is 1. The third-order valence-electron chi connectivity index (χ3n) is 3.12. The second-order valence-electron chi connectivity index (χ2n) is 4.16. The molecule has 0 atom stereocenters. The van der Waals surface area contributed by atoms with E-state index < -0.39 is 0 Å². The second kappa shape index (κ2) is 8.43. The van der Waals surface area contributed by atoms with Crippen LogP contribution >= 0.6 is 15.9 Å². The molecule has 0 aliphatic rings. The number of rotatable bonds is 8. The highest BCUT2D eigenvalue weighted by atomic mass is 79.9. The molecule has 1 rings (SSSR count). The topological polar surface area (TPSA) is 32.3 Å². The Morgan fingerprint density at radius 1 is 1.06 bits per heavy atom. The normalized spacial score (nSPS) is 10.9. The molecule has 0 amide bonds. The molecule has 5 heteroatoms. The molecule has 1 heterocycles. The summed E-state index contributed by atoms with van der Waals surface area (Å²) in [6.45, 7) is 12.0. The fraction of sp³-hybridized carbons (Fsp3) is 0.692. The zero-order valence-electron chi connectivity index (χ0n) is 11.6. The first-order valence-corrected chi connectivity index (χ1v) is 7.45. The van der Waals surface area contributed by atoms with Gasteiger partial charge < -0.3 is 9.80 Å². The Bertz CT molecular complexity index is 342. The zero-order chi connectivity index (χ0) is 13.4. The first kappa shape index (κ1) is 15.4. The minimum Gasteiger partial charge on any atom is -0.357 e. The van der Waals surface area contributed by atoms with Crippen LogP contribution in [0.25, 0.3) is 0 Å². The van der Waals surface area contributed by atoms with E-state index >= 15 is 0 Å². The molecule has 0 radical (unpaired) electrons. The second-order valence-corrected chi connectivity index (χ2v) is 4.97.